The molecule has 1 rings (SSSR count). The molecule has 0 bridgehead atoms. The lowest BCUT2D eigenvalue weighted by Gasteiger charge is -1.80. The third-order valence-corrected chi connectivity index (χ3v) is 1.05. The zero-order chi connectivity index (χ0) is 6.85. The molecule has 1 heterocycles. The van der Waals surface area contributed by atoms with Gasteiger partial charge in [-0.25, -0.2) is 0 Å². The summed E-state index contributed by atoms with van der Waals surface area (Å²) in [6, 6.07) is 1.32. The summed E-state index contributed by atoms with van der Waals surface area (Å²) in [5, 5.41) is 9.94. The summed E-state index contributed by atoms with van der Waals surface area (Å²) in [5.74, 6) is -0.406. The fourth-order valence-corrected chi connectivity index (χ4v) is 0.581. The largest absolute Gasteiger partial charge is 0.451 e. The van der Waals surface area contributed by atoms with Crippen molar-refractivity contribution in [1.82, 2.24) is 0 Å². The van der Waals surface area contributed by atoms with E-state index in [-0.39, 0.29) is 5.02 Å². The number of furan rings is 1. The minimum absolute atomic E-state index is 0.0278. The van der Waals surface area contributed by atoms with Crippen molar-refractivity contribution < 1.29 is 9.34 Å². The molecule has 9 heavy (non-hydrogen) atoms. The number of nitrogens with zero attached hydrogens (tertiary/aromatic N) is 1. The van der Waals surface area contributed by atoms with Gasteiger partial charge in [-0.05, 0) is 0 Å². The first-order chi connectivity index (χ1) is 4.22. The van der Waals surface area contributed by atoms with E-state index in [4.69, 9.17) is 11.6 Å². The second-order valence-corrected chi connectivity index (χ2v) is 1.74. The predicted octanol–water partition coefficient (Wildman–Crippen LogP) is 1.84. The Labute approximate surface area is 55.2 Å². The van der Waals surface area contributed by atoms with Gasteiger partial charge in [-0.3, -0.25) is 10.1 Å². The van der Waals surface area contributed by atoms with Crippen LogP contribution in [0.25, 0.3) is 0 Å². The Kier molecular flexibility index (Phi) is 1.40. The van der Waals surface area contributed by atoms with Gasteiger partial charge >= 0.3 is 5.88 Å². The molecule has 0 aliphatic heterocycles. The number of nitro groups is 1. The lowest BCUT2D eigenvalue weighted by Crippen LogP contribution is -1.83. The Balaban J connectivity index is 3.08. The highest BCUT2D eigenvalue weighted by atomic mass is 35.5. The van der Waals surface area contributed by atoms with E-state index in [1.165, 1.54) is 12.3 Å². The summed E-state index contributed by atoms with van der Waals surface area (Å²) in [7, 11) is 0. The van der Waals surface area contributed by atoms with Crippen LogP contribution in [-0.2, 0) is 0 Å². The fraction of sp³-hybridized carbons (Fsp3) is 0. The molecule has 0 aromatic carbocycles. The van der Waals surface area contributed by atoms with Gasteiger partial charge in [0.15, 0.2) is 5.02 Å². The molecule has 0 unspecified atom stereocenters. The molecule has 1 aromatic rings. The van der Waals surface area contributed by atoms with Crippen LogP contribution < -0.4 is 0 Å². The van der Waals surface area contributed by atoms with Gasteiger partial charge < -0.3 is 4.42 Å². The van der Waals surface area contributed by atoms with Crippen molar-refractivity contribution in [3.05, 3.63) is 27.5 Å². The molecule has 0 aliphatic rings. The number of hydrogen-bond acceptors (Lipinski definition) is 3. The molecule has 0 fully saturated rings. The summed E-state index contributed by atoms with van der Waals surface area (Å²) in [4.78, 5) is 9.23. The molecule has 0 saturated carbocycles. The zero-order valence-electron chi connectivity index (χ0n) is 4.20. The van der Waals surface area contributed by atoms with Gasteiger partial charge in [-0.1, -0.05) is 11.6 Å². The van der Waals surface area contributed by atoms with E-state index in [0.29, 0.717) is 0 Å². The summed E-state index contributed by atoms with van der Waals surface area (Å²) in [5.41, 5.74) is 0. The standard InChI is InChI=1S/C4H2ClNO3/c5-3-1-2-9-4(3)6(7)8/h1-2H. The third-order valence-electron chi connectivity index (χ3n) is 0.764. The van der Waals surface area contributed by atoms with E-state index in [1.54, 1.807) is 0 Å². The highest BCUT2D eigenvalue weighted by Crippen LogP contribution is 2.23. The second kappa shape index (κ2) is 2.06. The van der Waals surface area contributed by atoms with Gasteiger partial charge in [0.2, 0.25) is 0 Å². The quantitative estimate of drug-likeness (QED) is 0.450. The number of hydrogen-bond donors (Lipinski definition) is 0. The predicted molar refractivity (Wildman–Crippen MR) is 30.4 cm³/mol. The molecule has 0 spiro atoms. The van der Waals surface area contributed by atoms with Crippen molar-refractivity contribution >= 4 is 17.5 Å². The Hall–Kier alpha value is -1.03. The van der Waals surface area contributed by atoms with Gasteiger partial charge in [0, 0.05) is 6.07 Å². The molecular weight excluding hydrogens is 146 g/mol. The molecule has 0 atom stereocenters. The minimum atomic E-state index is -0.678. The maximum absolute atomic E-state index is 9.91. The summed E-state index contributed by atoms with van der Waals surface area (Å²) in [6.07, 6.45) is 1.17. The molecule has 4 nitrogen and oxygen atoms in total. The Bertz CT molecular complexity index is 231. The maximum atomic E-state index is 9.91. The second-order valence-electron chi connectivity index (χ2n) is 1.33. The molecule has 1 aromatic heterocycles. The van der Waals surface area contributed by atoms with Crippen molar-refractivity contribution in [2.24, 2.45) is 0 Å². The van der Waals surface area contributed by atoms with E-state index in [9.17, 15) is 10.1 Å². The Morgan fingerprint density at radius 1 is 1.78 bits per heavy atom. The highest BCUT2D eigenvalue weighted by Gasteiger charge is 2.14. The van der Waals surface area contributed by atoms with Gasteiger partial charge in [-0.15, -0.1) is 0 Å². The van der Waals surface area contributed by atoms with Crippen LogP contribution in [0.4, 0.5) is 5.88 Å². The van der Waals surface area contributed by atoms with Gasteiger partial charge in [0.05, 0.1) is 6.26 Å². The lowest BCUT2D eigenvalue weighted by molar-refractivity contribution is -0.402. The van der Waals surface area contributed by atoms with Gasteiger partial charge in [0.1, 0.15) is 4.92 Å². The monoisotopic (exact) mass is 147 g/mol. The van der Waals surface area contributed by atoms with E-state index < -0.39 is 10.8 Å². The average Bonchev–Trinajstić information content (AvgIpc) is 2.13. The van der Waals surface area contributed by atoms with Gasteiger partial charge in [-0.2, -0.15) is 0 Å². The molecule has 0 radical (unpaired) electrons. The van der Waals surface area contributed by atoms with Crippen molar-refractivity contribution in [2.45, 2.75) is 0 Å². The first kappa shape index (κ1) is 6.10. The minimum Gasteiger partial charge on any atom is -0.408 e. The van der Waals surface area contributed by atoms with Crippen molar-refractivity contribution in [2.75, 3.05) is 0 Å². The van der Waals surface area contributed by atoms with Crippen LogP contribution in [0, 0.1) is 10.1 Å². The van der Waals surface area contributed by atoms with Crippen LogP contribution in [0.2, 0.25) is 5.02 Å². The Morgan fingerprint density at radius 3 is 2.67 bits per heavy atom. The topological polar surface area (TPSA) is 56.3 Å². The molecule has 0 aliphatic carbocycles. The summed E-state index contributed by atoms with van der Waals surface area (Å²) in [6.45, 7) is 0. The van der Waals surface area contributed by atoms with Crippen LogP contribution in [0.1, 0.15) is 0 Å². The molecular formula is C4H2ClNO3. The molecule has 0 saturated heterocycles. The van der Waals surface area contributed by atoms with E-state index in [2.05, 4.69) is 4.42 Å². The van der Waals surface area contributed by atoms with E-state index >= 15 is 0 Å². The molecule has 5 heteroatoms. The van der Waals surface area contributed by atoms with Crippen molar-refractivity contribution in [1.29, 1.82) is 0 Å². The first-order valence-electron chi connectivity index (χ1n) is 2.09. The SMILES string of the molecule is O=[N+]([O-])c1occc1Cl. The van der Waals surface area contributed by atoms with Crippen LogP contribution in [0.3, 0.4) is 0 Å². The third kappa shape index (κ3) is 1.02. The molecule has 0 amide bonds. The van der Waals surface area contributed by atoms with E-state index in [1.807, 2.05) is 0 Å². The van der Waals surface area contributed by atoms with Crippen LogP contribution >= 0.6 is 11.6 Å². The molecule has 0 N–H and O–H groups in total. The summed E-state index contributed by atoms with van der Waals surface area (Å²) >= 11 is 5.30. The Morgan fingerprint density at radius 2 is 2.44 bits per heavy atom. The number of halogens is 1. The van der Waals surface area contributed by atoms with Crippen LogP contribution in [0.15, 0.2) is 16.7 Å². The van der Waals surface area contributed by atoms with E-state index in [0.717, 1.165) is 0 Å². The smallest absolute Gasteiger partial charge is 0.408 e. The molecule has 48 valence electrons. The normalized spacial score (nSPS) is 9.44. The van der Waals surface area contributed by atoms with Crippen LogP contribution in [0.5, 0.6) is 0 Å². The van der Waals surface area contributed by atoms with Crippen LogP contribution in [-0.4, -0.2) is 4.92 Å². The lowest BCUT2D eigenvalue weighted by atomic mass is 10.6. The fourth-order valence-electron chi connectivity index (χ4n) is 0.416. The van der Waals surface area contributed by atoms with Crippen molar-refractivity contribution in [3.63, 3.8) is 0 Å². The van der Waals surface area contributed by atoms with Gasteiger partial charge in [0.25, 0.3) is 0 Å². The average molecular weight is 148 g/mol. The number of rotatable bonds is 1. The zero-order valence-corrected chi connectivity index (χ0v) is 4.96. The first-order valence-corrected chi connectivity index (χ1v) is 2.47. The van der Waals surface area contributed by atoms with Crippen molar-refractivity contribution in [3.8, 4) is 0 Å². The summed E-state index contributed by atoms with van der Waals surface area (Å²) < 4.78 is 4.39. The highest BCUT2D eigenvalue weighted by molar-refractivity contribution is 6.32. The maximum Gasteiger partial charge on any atom is 0.451 e.